The predicted octanol–water partition coefficient (Wildman–Crippen LogP) is 0.913. The van der Waals surface area contributed by atoms with Gasteiger partial charge in [-0.1, -0.05) is 6.58 Å². The highest BCUT2D eigenvalue weighted by Crippen LogP contribution is 2.23. The lowest BCUT2D eigenvalue weighted by Crippen LogP contribution is -2.46. The molecule has 13 heavy (non-hydrogen) atoms. The molecule has 3 nitrogen and oxygen atoms in total. The number of nitrogens with one attached hydrogen (secondary N) is 2. The topological polar surface area (TPSA) is 27.3 Å². The molecule has 1 aliphatic heterocycles. The number of hydrogen-bond donors (Lipinski definition) is 2. The summed E-state index contributed by atoms with van der Waals surface area (Å²) in [4.78, 5) is 0. The molecule has 0 aliphatic carbocycles. The first-order valence-electron chi connectivity index (χ1n) is 4.35. The molecule has 1 heterocycles. The molecule has 5 heteroatoms. The van der Waals surface area contributed by atoms with E-state index in [-0.39, 0.29) is 12.8 Å². The molecule has 0 radical (unpaired) electrons. The van der Waals surface area contributed by atoms with Crippen LogP contribution in [0.3, 0.4) is 0 Å². The maximum atomic E-state index is 12.9. The normalized spacial score (nSPS) is 24.5. The van der Waals surface area contributed by atoms with Crippen LogP contribution in [-0.4, -0.2) is 30.7 Å². The molecule has 0 unspecified atom stereocenters. The Morgan fingerprint density at radius 2 is 2.23 bits per heavy atom. The molecule has 0 atom stereocenters. The first-order valence-corrected chi connectivity index (χ1v) is 4.35. The molecular formula is C8H15F2N3. The molecule has 0 amide bonds. The fraction of sp³-hybridized carbons (Fsp3) is 0.750. The molecule has 0 bridgehead atoms. The van der Waals surface area contributed by atoms with E-state index in [2.05, 4.69) is 17.3 Å². The van der Waals surface area contributed by atoms with Crippen LogP contribution in [0, 0.1) is 0 Å². The Kier molecular flexibility index (Phi) is 3.62. The quantitative estimate of drug-likeness (QED) is 0.679. The lowest BCUT2D eigenvalue weighted by Gasteiger charge is -2.28. The van der Waals surface area contributed by atoms with Crippen molar-refractivity contribution >= 4 is 0 Å². The highest BCUT2D eigenvalue weighted by molar-refractivity contribution is 4.73. The van der Waals surface area contributed by atoms with Gasteiger partial charge in [0.05, 0.1) is 6.67 Å². The van der Waals surface area contributed by atoms with Gasteiger partial charge in [-0.25, -0.2) is 13.8 Å². The summed E-state index contributed by atoms with van der Waals surface area (Å²) in [5.74, 6) is -2.55. The molecule has 0 aromatic carbocycles. The van der Waals surface area contributed by atoms with Gasteiger partial charge in [-0.2, -0.15) is 0 Å². The first kappa shape index (κ1) is 10.4. The lowest BCUT2D eigenvalue weighted by atomic mass is 10.1. The molecule has 1 rings (SSSR count). The third-order valence-electron chi connectivity index (χ3n) is 1.99. The largest absolute Gasteiger partial charge is 0.326 e. The van der Waals surface area contributed by atoms with Crippen LogP contribution >= 0.6 is 0 Å². The van der Waals surface area contributed by atoms with E-state index in [1.807, 2.05) is 0 Å². The molecule has 0 aromatic rings. The molecule has 1 aliphatic rings. The van der Waals surface area contributed by atoms with Crippen molar-refractivity contribution < 1.29 is 8.78 Å². The summed E-state index contributed by atoms with van der Waals surface area (Å²) in [6.07, 6.45) is 1.31. The van der Waals surface area contributed by atoms with Gasteiger partial charge < -0.3 is 10.7 Å². The van der Waals surface area contributed by atoms with E-state index in [1.165, 1.54) is 6.20 Å². The van der Waals surface area contributed by atoms with Crippen molar-refractivity contribution in [2.24, 2.45) is 0 Å². The number of rotatable bonds is 2. The van der Waals surface area contributed by atoms with Gasteiger partial charge in [0.15, 0.2) is 0 Å². The molecule has 0 saturated carbocycles. The van der Waals surface area contributed by atoms with Crippen LogP contribution in [0.5, 0.6) is 0 Å². The Bertz CT molecular complexity index is 173. The van der Waals surface area contributed by atoms with Crippen LogP contribution < -0.4 is 10.7 Å². The smallest absolute Gasteiger partial charge is 0.250 e. The van der Waals surface area contributed by atoms with Crippen molar-refractivity contribution in [2.45, 2.75) is 18.8 Å². The molecule has 0 aromatic heterocycles. The number of nitrogens with zero attached hydrogens (tertiary/aromatic N) is 1. The number of hydrogen-bond acceptors (Lipinski definition) is 3. The molecular weight excluding hydrogens is 176 g/mol. The van der Waals surface area contributed by atoms with Crippen LogP contribution in [0.1, 0.15) is 12.8 Å². The molecule has 1 fully saturated rings. The van der Waals surface area contributed by atoms with Gasteiger partial charge in [-0.15, -0.1) is 0 Å². The van der Waals surface area contributed by atoms with Crippen LogP contribution in [0.15, 0.2) is 12.8 Å². The van der Waals surface area contributed by atoms with Gasteiger partial charge in [0, 0.05) is 32.1 Å². The standard InChI is InChI=1S/C8H15F2N3/c1-2-12-13-6-4-8(9,10)3-5-11-7-13/h2,11-12H,1,3-7H2. The second-order valence-electron chi connectivity index (χ2n) is 3.11. The van der Waals surface area contributed by atoms with Crippen LogP contribution in [-0.2, 0) is 0 Å². The Morgan fingerprint density at radius 1 is 1.46 bits per heavy atom. The van der Waals surface area contributed by atoms with E-state index >= 15 is 0 Å². The third-order valence-corrected chi connectivity index (χ3v) is 1.99. The highest BCUT2D eigenvalue weighted by Gasteiger charge is 2.30. The van der Waals surface area contributed by atoms with Crippen molar-refractivity contribution in [2.75, 3.05) is 19.8 Å². The molecule has 1 saturated heterocycles. The maximum absolute atomic E-state index is 12.9. The molecule has 76 valence electrons. The summed E-state index contributed by atoms with van der Waals surface area (Å²) in [5.41, 5.74) is 2.79. The summed E-state index contributed by atoms with van der Waals surface area (Å²) < 4.78 is 25.9. The second-order valence-corrected chi connectivity index (χ2v) is 3.11. The van der Waals surface area contributed by atoms with E-state index in [1.54, 1.807) is 5.01 Å². The van der Waals surface area contributed by atoms with Crippen molar-refractivity contribution in [3.63, 3.8) is 0 Å². The summed E-state index contributed by atoms with van der Waals surface area (Å²) >= 11 is 0. The Hall–Kier alpha value is -0.680. The van der Waals surface area contributed by atoms with Crippen molar-refractivity contribution in [1.82, 2.24) is 15.8 Å². The van der Waals surface area contributed by atoms with E-state index in [4.69, 9.17) is 0 Å². The number of halogens is 2. The fourth-order valence-electron chi connectivity index (χ4n) is 1.23. The predicted molar refractivity (Wildman–Crippen MR) is 47.1 cm³/mol. The summed E-state index contributed by atoms with van der Waals surface area (Å²) in [6, 6.07) is 0. The Labute approximate surface area is 76.8 Å². The molecule has 0 spiro atoms. The minimum Gasteiger partial charge on any atom is -0.326 e. The zero-order chi connectivity index (χ0) is 9.73. The Morgan fingerprint density at radius 3 is 2.92 bits per heavy atom. The van der Waals surface area contributed by atoms with Crippen molar-refractivity contribution in [3.8, 4) is 0 Å². The maximum Gasteiger partial charge on any atom is 0.250 e. The van der Waals surface area contributed by atoms with Crippen LogP contribution in [0.2, 0.25) is 0 Å². The summed E-state index contributed by atoms with van der Waals surface area (Å²) in [6.45, 7) is 4.72. The monoisotopic (exact) mass is 191 g/mol. The van der Waals surface area contributed by atoms with E-state index in [0.29, 0.717) is 19.8 Å². The van der Waals surface area contributed by atoms with E-state index < -0.39 is 5.92 Å². The van der Waals surface area contributed by atoms with E-state index in [0.717, 1.165) is 0 Å². The second kappa shape index (κ2) is 4.53. The van der Waals surface area contributed by atoms with Gasteiger partial charge in [0.1, 0.15) is 0 Å². The minimum atomic E-state index is -2.55. The number of alkyl halides is 2. The highest BCUT2D eigenvalue weighted by atomic mass is 19.3. The van der Waals surface area contributed by atoms with E-state index in [9.17, 15) is 8.78 Å². The summed E-state index contributed by atoms with van der Waals surface area (Å²) in [5, 5.41) is 4.59. The van der Waals surface area contributed by atoms with Crippen LogP contribution in [0.25, 0.3) is 0 Å². The van der Waals surface area contributed by atoms with Crippen molar-refractivity contribution in [1.29, 1.82) is 0 Å². The van der Waals surface area contributed by atoms with Gasteiger partial charge in [0.2, 0.25) is 0 Å². The lowest BCUT2D eigenvalue weighted by molar-refractivity contribution is -0.0356. The number of hydrazine groups is 1. The van der Waals surface area contributed by atoms with Gasteiger partial charge >= 0.3 is 0 Å². The zero-order valence-electron chi connectivity index (χ0n) is 7.52. The molecule has 2 N–H and O–H groups in total. The average molecular weight is 191 g/mol. The SMILES string of the molecule is C=CNN1CCC(F)(F)CCNC1. The van der Waals surface area contributed by atoms with Gasteiger partial charge in [-0.3, -0.25) is 0 Å². The van der Waals surface area contributed by atoms with Gasteiger partial charge in [-0.05, 0) is 0 Å². The third kappa shape index (κ3) is 3.69. The van der Waals surface area contributed by atoms with Crippen molar-refractivity contribution in [3.05, 3.63) is 12.8 Å². The van der Waals surface area contributed by atoms with Crippen LogP contribution in [0.4, 0.5) is 8.78 Å². The van der Waals surface area contributed by atoms with Gasteiger partial charge in [0.25, 0.3) is 5.92 Å². The Balaban J connectivity index is 2.40. The summed E-state index contributed by atoms with van der Waals surface area (Å²) in [7, 11) is 0. The fourth-order valence-corrected chi connectivity index (χ4v) is 1.23. The first-order chi connectivity index (χ1) is 6.14. The minimum absolute atomic E-state index is 0.0745. The average Bonchev–Trinajstić information content (AvgIpc) is 2.05. The zero-order valence-corrected chi connectivity index (χ0v) is 7.52.